The zero-order valence-electron chi connectivity index (χ0n) is 12.3. The zero-order chi connectivity index (χ0) is 16.0. The van der Waals surface area contributed by atoms with Crippen molar-refractivity contribution >= 4 is 21.7 Å². The molecule has 6 nitrogen and oxygen atoms in total. The van der Waals surface area contributed by atoms with Crippen LogP contribution in [0.4, 0.5) is 0 Å². The van der Waals surface area contributed by atoms with Crippen LogP contribution in [0.25, 0.3) is 0 Å². The molecule has 1 rings (SSSR count). The summed E-state index contributed by atoms with van der Waals surface area (Å²) in [5, 5.41) is 5.20. The van der Waals surface area contributed by atoms with Gasteiger partial charge >= 0.3 is 0 Å². The van der Waals surface area contributed by atoms with Crippen molar-refractivity contribution in [1.29, 1.82) is 0 Å². The number of nitrogens with one attached hydrogen (secondary N) is 2. The molecule has 0 unspecified atom stereocenters. The minimum absolute atomic E-state index is 0.0653. The van der Waals surface area contributed by atoms with E-state index in [0.717, 1.165) is 6.26 Å². The van der Waals surface area contributed by atoms with Gasteiger partial charge in [0.2, 0.25) is 5.91 Å². The lowest BCUT2D eigenvalue weighted by atomic mass is 10.1. The first kappa shape index (κ1) is 17.2. The first-order valence-corrected chi connectivity index (χ1v) is 8.64. The Bertz CT molecular complexity index is 608. The highest BCUT2D eigenvalue weighted by Crippen LogP contribution is 2.08. The molecule has 1 aromatic rings. The Morgan fingerprint density at radius 2 is 1.76 bits per heavy atom. The Hall–Kier alpha value is -1.89. The van der Waals surface area contributed by atoms with Crippen molar-refractivity contribution in [3.05, 3.63) is 35.4 Å². The van der Waals surface area contributed by atoms with Crippen LogP contribution in [0.15, 0.2) is 24.3 Å². The number of sulfone groups is 1. The van der Waals surface area contributed by atoms with Crippen LogP contribution in [0, 0.1) is 0 Å². The fourth-order valence-electron chi connectivity index (χ4n) is 1.73. The molecule has 0 saturated carbocycles. The van der Waals surface area contributed by atoms with Crippen LogP contribution in [-0.4, -0.2) is 39.1 Å². The molecule has 1 atom stereocenters. The Morgan fingerprint density at radius 1 is 1.19 bits per heavy atom. The smallest absolute Gasteiger partial charge is 0.251 e. The van der Waals surface area contributed by atoms with Gasteiger partial charge in [0, 0.05) is 18.4 Å². The average Bonchev–Trinajstić information content (AvgIpc) is 2.37. The number of carbonyl (C=O) groups excluding carboxylic acids is 2. The minimum Gasteiger partial charge on any atom is -0.355 e. The van der Waals surface area contributed by atoms with Crippen LogP contribution >= 0.6 is 0 Å². The highest BCUT2D eigenvalue weighted by molar-refractivity contribution is 7.89. The van der Waals surface area contributed by atoms with E-state index in [2.05, 4.69) is 10.6 Å². The summed E-state index contributed by atoms with van der Waals surface area (Å²) >= 11 is 0. The molecule has 2 N–H and O–H groups in total. The maximum atomic E-state index is 12.0. The summed E-state index contributed by atoms with van der Waals surface area (Å²) in [6.07, 6.45) is 1.15. The van der Waals surface area contributed by atoms with Crippen molar-refractivity contribution in [2.45, 2.75) is 25.6 Å². The number of carbonyl (C=O) groups is 2. The number of amides is 2. The number of likely N-dealkylation sites (N-methyl/N-ethyl adjacent to an activating group) is 1. The largest absolute Gasteiger partial charge is 0.355 e. The first-order valence-electron chi connectivity index (χ1n) is 6.58. The summed E-state index contributed by atoms with van der Waals surface area (Å²) in [6, 6.07) is 5.63. The summed E-state index contributed by atoms with van der Waals surface area (Å²) in [6.45, 7) is 3.90. The number of hydrogen-bond donors (Lipinski definition) is 2. The van der Waals surface area contributed by atoms with Gasteiger partial charge in [-0.05, 0) is 31.5 Å². The van der Waals surface area contributed by atoms with Crippen molar-refractivity contribution < 1.29 is 18.0 Å². The van der Waals surface area contributed by atoms with E-state index in [0.29, 0.717) is 17.7 Å². The second-order valence-corrected chi connectivity index (χ2v) is 7.00. The highest BCUT2D eigenvalue weighted by Gasteiger charge is 2.15. The van der Waals surface area contributed by atoms with Gasteiger partial charge < -0.3 is 10.6 Å². The van der Waals surface area contributed by atoms with Gasteiger partial charge in [-0.3, -0.25) is 9.59 Å². The Balaban J connectivity index is 2.69. The lowest BCUT2D eigenvalue weighted by molar-refractivity contribution is -0.122. The molecule has 21 heavy (non-hydrogen) atoms. The maximum absolute atomic E-state index is 12.0. The van der Waals surface area contributed by atoms with Gasteiger partial charge in [-0.15, -0.1) is 0 Å². The standard InChI is InChI=1S/C14H20N2O4S/c1-4-15-13(17)10(2)16-14(18)12-7-5-11(6-8-12)9-21(3,19)20/h5-8,10H,4,9H2,1-3H3,(H,15,17)(H,16,18)/t10-/m1/s1. The van der Waals surface area contributed by atoms with Gasteiger partial charge in [-0.1, -0.05) is 12.1 Å². The average molecular weight is 312 g/mol. The second kappa shape index (κ2) is 7.21. The zero-order valence-corrected chi connectivity index (χ0v) is 13.2. The molecule has 0 aliphatic heterocycles. The maximum Gasteiger partial charge on any atom is 0.251 e. The molecule has 0 aliphatic carbocycles. The van der Waals surface area contributed by atoms with Gasteiger partial charge in [-0.2, -0.15) is 0 Å². The Labute approximate surface area is 124 Å². The molecule has 0 bridgehead atoms. The minimum atomic E-state index is -3.10. The summed E-state index contributed by atoms with van der Waals surface area (Å²) in [7, 11) is -3.10. The van der Waals surface area contributed by atoms with Crippen LogP contribution in [0.1, 0.15) is 29.8 Å². The lowest BCUT2D eigenvalue weighted by Crippen LogP contribution is -2.44. The molecule has 0 radical (unpaired) electrons. The van der Waals surface area contributed by atoms with Crippen LogP contribution in [0.5, 0.6) is 0 Å². The number of benzene rings is 1. The van der Waals surface area contributed by atoms with Gasteiger partial charge in [0.15, 0.2) is 9.84 Å². The van der Waals surface area contributed by atoms with E-state index in [4.69, 9.17) is 0 Å². The van der Waals surface area contributed by atoms with Crippen LogP contribution < -0.4 is 10.6 Å². The topological polar surface area (TPSA) is 92.3 Å². The summed E-state index contributed by atoms with van der Waals surface area (Å²) in [4.78, 5) is 23.5. The van der Waals surface area contributed by atoms with E-state index in [1.54, 1.807) is 38.1 Å². The third kappa shape index (κ3) is 5.95. The fraction of sp³-hybridized carbons (Fsp3) is 0.429. The van der Waals surface area contributed by atoms with Crippen molar-refractivity contribution in [2.24, 2.45) is 0 Å². The summed E-state index contributed by atoms with van der Waals surface area (Å²) in [5.74, 6) is -0.691. The lowest BCUT2D eigenvalue weighted by Gasteiger charge is -2.13. The van der Waals surface area contributed by atoms with Crippen molar-refractivity contribution in [1.82, 2.24) is 10.6 Å². The Morgan fingerprint density at radius 3 is 2.24 bits per heavy atom. The van der Waals surface area contributed by atoms with E-state index in [1.807, 2.05) is 0 Å². The number of hydrogen-bond acceptors (Lipinski definition) is 4. The molecule has 7 heteroatoms. The molecule has 2 amide bonds. The highest BCUT2D eigenvalue weighted by atomic mass is 32.2. The fourth-order valence-corrected chi connectivity index (χ4v) is 2.53. The van der Waals surface area contributed by atoms with E-state index < -0.39 is 15.9 Å². The molecule has 0 aliphatic rings. The van der Waals surface area contributed by atoms with Crippen molar-refractivity contribution in [3.8, 4) is 0 Å². The van der Waals surface area contributed by atoms with E-state index >= 15 is 0 Å². The monoisotopic (exact) mass is 312 g/mol. The SMILES string of the molecule is CCNC(=O)[C@@H](C)NC(=O)c1ccc(CS(C)(=O)=O)cc1. The van der Waals surface area contributed by atoms with Crippen LogP contribution in [0.2, 0.25) is 0 Å². The molecule has 0 fully saturated rings. The van der Waals surface area contributed by atoms with Gasteiger partial charge in [-0.25, -0.2) is 8.42 Å². The number of rotatable bonds is 6. The van der Waals surface area contributed by atoms with Gasteiger partial charge in [0.1, 0.15) is 6.04 Å². The van der Waals surface area contributed by atoms with Crippen LogP contribution in [0.3, 0.4) is 0 Å². The Kier molecular flexibility index (Phi) is 5.90. The summed E-state index contributed by atoms with van der Waals surface area (Å²) in [5.41, 5.74) is 0.995. The van der Waals surface area contributed by atoms with Crippen LogP contribution in [-0.2, 0) is 20.4 Å². The quantitative estimate of drug-likeness (QED) is 0.799. The molecule has 116 valence electrons. The van der Waals surface area contributed by atoms with E-state index in [-0.39, 0.29) is 17.6 Å². The first-order chi connectivity index (χ1) is 9.73. The molecule has 1 aromatic carbocycles. The predicted octanol–water partition coefficient (Wildman–Crippen LogP) is 0.486. The predicted molar refractivity (Wildman–Crippen MR) is 80.6 cm³/mol. The molecule has 0 heterocycles. The van der Waals surface area contributed by atoms with Gasteiger partial charge in [0.05, 0.1) is 5.75 Å². The van der Waals surface area contributed by atoms with Crippen molar-refractivity contribution in [2.75, 3.05) is 12.8 Å². The molecular formula is C14H20N2O4S. The molecule has 0 saturated heterocycles. The molecule has 0 spiro atoms. The van der Waals surface area contributed by atoms with Gasteiger partial charge in [0.25, 0.3) is 5.91 Å². The van der Waals surface area contributed by atoms with Crippen molar-refractivity contribution in [3.63, 3.8) is 0 Å². The third-order valence-corrected chi connectivity index (χ3v) is 3.59. The van der Waals surface area contributed by atoms with E-state index in [9.17, 15) is 18.0 Å². The molecular weight excluding hydrogens is 292 g/mol. The second-order valence-electron chi connectivity index (χ2n) is 4.86. The molecule has 0 aromatic heterocycles. The third-order valence-electron chi connectivity index (χ3n) is 2.74. The van der Waals surface area contributed by atoms with E-state index in [1.165, 1.54) is 0 Å². The summed E-state index contributed by atoms with van der Waals surface area (Å²) < 4.78 is 22.4. The normalized spacial score (nSPS) is 12.5.